The molecule has 0 aliphatic rings. The maximum atomic E-state index is 11.9. The number of rotatable bonds is 3. The quantitative estimate of drug-likeness (QED) is 0.616. The zero-order chi connectivity index (χ0) is 12.3. The van der Waals surface area contributed by atoms with Crippen LogP contribution in [0.25, 0.3) is 0 Å². The van der Waals surface area contributed by atoms with Crippen LogP contribution in [0.1, 0.15) is 0 Å². The van der Waals surface area contributed by atoms with Crippen molar-refractivity contribution in [2.75, 3.05) is 10.5 Å². The fourth-order valence-electron chi connectivity index (χ4n) is 1.20. The molecular weight excluding hydrogens is 263 g/mol. The van der Waals surface area contributed by atoms with Gasteiger partial charge in [0, 0.05) is 18.1 Å². The Hall–Kier alpha value is -1.15. The molecule has 0 bridgehead atoms. The molecule has 2 rings (SSSR count). The Morgan fingerprint density at radius 2 is 1.78 bits per heavy atom. The minimum absolute atomic E-state index is 0. The predicted molar refractivity (Wildman–Crippen MR) is 70.8 cm³/mol. The van der Waals surface area contributed by atoms with E-state index in [0.29, 0.717) is 5.69 Å². The third kappa shape index (κ3) is 3.67. The van der Waals surface area contributed by atoms with E-state index in [1.807, 2.05) is 0 Å². The molecule has 0 aliphatic carbocycles. The Bertz CT molecular complexity index is 602. The van der Waals surface area contributed by atoms with Crippen LogP contribution in [0.4, 0.5) is 11.5 Å². The van der Waals surface area contributed by atoms with Crippen molar-refractivity contribution in [3.05, 3.63) is 42.9 Å². The molecule has 0 saturated carbocycles. The van der Waals surface area contributed by atoms with Crippen molar-refractivity contribution in [3.8, 4) is 0 Å². The standard InChI is InChI=1S/C10H10N4O2S.Na.H/c11-8-1-3-9(4-2-8)17(15,16)14-10-7-12-5-6-13-10;;/h1-7H,11H2,(H,13,14);;. The van der Waals surface area contributed by atoms with E-state index in [2.05, 4.69) is 14.7 Å². The Kier molecular flexibility index (Phi) is 5.09. The Morgan fingerprint density at radius 1 is 1.11 bits per heavy atom. The molecule has 0 amide bonds. The number of aromatic nitrogens is 2. The van der Waals surface area contributed by atoms with Crippen LogP contribution < -0.4 is 10.5 Å². The van der Waals surface area contributed by atoms with Gasteiger partial charge in [-0.15, -0.1) is 0 Å². The van der Waals surface area contributed by atoms with Gasteiger partial charge >= 0.3 is 29.6 Å². The van der Waals surface area contributed by atoms with Crippen molar-refractivity contribution in [2.45, 2.75) is 4.90 Å². The van der Waals surface area contributed by atoms with Gasteiger partial charge < -0.3 is 5.73 Å². The first-order chi connectivity index (χ1) is 8.08. The van der Waals surface area contributed by atoms with E-state index in [1.165, 1.54) is 42.9 Å². The number of benzene rings is 1. The van der Waals surface area contributed by atoms with Crippen LogP contribution in [-0.4, -0.2) is 47.9 Å². The second-order valence-electron chi connectivity index (χ2n) is 3.27. The van der Waals surface area contributed by atoms with Crippen LogP contribution in [0.3, 0.4) is 0 Å². The summed E-state index contributed by atoms with van der Waals surface area (Å²) in [6.45, 7) is 0. The first-order valence-corrected chi connectivity index (χ1v) is 6.20. The number of sulfonamides is 1. The molecule has 3 N–H and O–H groups in total. The fraction of sp³-hybridized carbons (Fsp3) is 0. The van der Waals surface area contributed by atoms with Crippen LogP contribution >= 0.6 is 0 Å². The van der Waals surface area contributed by atoms with Crippen LogP contribution in [0.5, 0.6) is 0 Å². The Balaban J connectivity index is 0.00000162. The van der Waals surface area contributed by atoms with Gasteiger partial charge in [-0.05, 0) is 24.3 Å². The zero-order valence-corrected chi connectivity index (χ0v) is 9.55. The molecule has 18 heavy (non-hydrogen) atoms. The van der Waals surface area contributed by atoms with E-state index in [0.717, 1.165) is 0 Å². The van der Waals surface area contributed by atoms with Crippen molar-refractivity contribution in [2.24, 2.45) is 0 Å². The number of hydrogen-bond acceptors (Lipinski definition) is 5. The molecule has 1 aromatic heterocycles. The van der Waals surface area contributed by atoms with Gasteiger partial charge in [-0.25, -0.2) is 13.4 Å². The van der Waals surface area contributed by atoms with Gasteiger partial charge in [0.2, 0.25) is 0 Å². The maximum absolute atomic E-state index is 11.9. The molecular formula is C10H11N4NaO2S. The average Bonchev–Trinajstić information content (AvgIpc) is 2.30. The second-order valence-corrected chi connectivity index (χ2v) is 4.95. The minimum atomic E-state index is -3.64. The van der Waals surface area contributed by atoms with Crippen molar-refractivity contribution in [1.82, 2.24) is 9.97 Å². The van der Waals surface area contributed by atoms with E-state index in [4.69, 9.17) is 5.73 Å². The number of anilines is 2. The van der Waals surface area contributed by atoms with Gasteiger partial charge in [0.15, 0.2) is 5.82 Å². The van der Waals surface area contributed by atoms with E-state index in [-0.39, 0.29) is 40.3 Å². The summed E-state index contributed by atoms with van der Waals surface area (Å²) in [7, 11) is -3.64. The molecule has 1 heterocycles. The summed E-state index contributed by atoms with van der Waals surface area (Å²) in [6.07, 6.45) is 4.19. The Labute approximate surface area is 127 Å². The summed E-state index contributed by atoms with van der Waals surface area (Å²) >= 11 is 0. The molecule has 90 valence electrons. The monoisotopic (exact) mass is 274 g/mol. The van der Waals surface area contributed by atoms with Crippen LogP contribution in [0, 0.1) is 0 Å². The van der Waals surface area contributed by atoms with E-state index in [1.54, 1.807) is 0 Å². The molecule has 0 atom stereocenters. The summed E-state index contributed by atoms with van der Waals surface area (Å²) in [4.78, 5) is 7.72. The van der Waals surface area contributed by atoms with Crippen LogP contribution in [-0.2, 0) is 10.0 Å². The van der Waals surface area contributed by atoms with Gasteiger partial charge in [-0.3, -0.25) is 9.71 Å². The first kappa shape index (κ1) is 14.9. The van der Waals surface area contributed by atoms with Crippen molar-refractivity contribution < 1.29 is 8.42 Å². The zero-order valence-electron chi connectivity index (χ0n) is 8.74. The summed E-state index contributed by atoms with van der Waals surface area (Å²) in [5.74, 6) is 0.171. The molecule has 0 aliphatic heterocycles. The number of nitrogens with two attached hydrogens (primary N) is 1. The average molecular weight is 274 g/mol. The molecule has 0 fully saturated rings. The summed E-state index contributed by atoms with van der Waals surface area (Å²) in [6, 6.07) is 5.89. The van der Waals surface area contributed by atoms with Crippen LogP contribution in [0.15, 0.2) is 47.8 Å². The molecule has 6 nitrogen and oxygen atoms in total. The third-order valence-corrected chi connectivity index (χ3v) is 3.36. The van der Waals surface area contributed by atoms with Crippen molar-refractivity contribution in [3.63, 3.8) is 0 Å². The fourth-order valence-corrected chi connectivity index (χ4v) is 2.19. The van der Waals surface area contributed by atoms with E-state index >= 15 is 0 Å². The van der Waals surface area contributed by atoms with Crippen molar-refractivity contribution >= 4 is 51.1 Å². The molecule has 0 spiro atoms. The van der Waals surface area contributed by atoms with Gasteiger partial charge in [-0.2, -0.15) is 0 Å². The SMILES string of the molecule is Nc1ccc(S(=O)(=O)Nc2cnccn2)cc1.[NaH]. The Morgan fingerprint density at radius 3 is 2.33 bits per heavy atom. The number of nitrogens with one attached hydrogen (secondary N) is 1. The molecule has 0 radical (unpaired) electrons. The predicted octanol–water partition coefficient (Wildman–Crippen LogP) is 0.211. The number of nitrogens with zero attached hydrogens (tertiary/aromatic N) is 2. The van der Waals surface area contributed by atoms with Crippen LogP contribution in [0.2, 0.25) is 0 Å². The topological polar surface area (TPSA) is 98.0 Å². The molecule has 0 saturated heterocycles. The number of hydrogen-bond donors (Lipinski definition) is 2. The third-order valence-electron chi connectivity index (χ3n) is 1.99. The van der Waals surface area contributed by atoms with Gasteiger partial charge in [0.05, 0.1) is 11.1 Å². The normalized spacial score (nSPS) is 10.4. The summed E-state index contributed by atoms with van der Waals surface area (Å²) in [5, 5.41) is 0. The second kappa shape index (κ2) is 6.14. The number of nitrogen functional groups attached to an aromatic ring is 1. The van der Waals surface area contributed by atoms with Gasteiger partial charge in [-0.1, -0.05) is 0 Å². The molecule has 0 unspecified atom stereocenters. The first-order valence-electron chi connectivity index (χ1n) is 4.72. The molecule has 1 aromatic carbocycles. The van der Waals surface area contributed by atoms with E-state index < -0.39 is 10.0 Å². The van der Waals surface area contributed by atoms with Gasteiger partial charge in [0.25, 0.3) is 10.0 Å². The van der Waals surface area contributed by atoms with E-state index in [9.17, 15) is 8.42 Å². The molecule has 8 heteroatoms. The van der Waals surface area contributed by atoms with Crippen molar-refractivity contribution in [1.29, 1.82) is 0 Å². The molecule has 2 aromatic rings. The van der Waals surface area contributed by atoms with Gasteiger partial charge in [0.1, 0.15) is 0 Å². The summed E-state index contributed by atoms with van der Waals surface area (Å²) in [5.41, 5.74) is 5.99. The summed E-state index contributed by atoms with van der Waals surface area (Å²) < 4.78 is 26.1.